The first-order chi connectivity index (χ1) is 10.0. The highest BCUT2D eigenvalue weighted by Gasteiger charge is 2.36. The molecule has 1 aromatic carbocycles. The van der Waals surface area contributed by atoms with Crippen LogP contribution in [0.1, 0.15) is 48.0 Å². The van der Waals surface area contributed by atoms with Crippen LogP contribution >= 0.6 is 15.9 Å². The summed E-state index contributed by atoms with van der Waals surface area (Å²) in [4.78, 5) is 15.0. The molecule has 0 saturated carbocycles. The average molecular weight is 351 g/mol. The van der Waals surface area contributed by atoms with E-state index in [0.29, 0.717) is 18.1 Å². The van der Waals surface area contributed by atoms with E-state index in [1.165, 1.54) is 19.3 Å². The van der Waals surface area contributed by atoms with E-state index in [4.69, 9.17) is 0 Å². The first kappa shape index (κ1) is 15.0. The first-order valence-corrected chi connectivity index (χ1v) is 8.63. The standard InChI is InChI=1S/C17H23BrN2O/c1-11-6-7-12(8-16(11)18)17(21)19-13-9-14-4-3-5-15(10-13)20(14)2/h6-8,13-15H,3-5,9-10H2,1-2H3,(H,19,21). The van der Waals surface area contributed by atoms with E-state index in [2.05, 4.69) is 33.2 Å². The molecule has 3 nitrogen and oxygen atoms in total. The number of benzene rings is 1. The summed E-state index contributed by atoms with van der Waals surface area (Å²) in [6, 6.07) is 7.43. The van der Waals surface area contributed by atoms with Gasteiger partial charge < -0.3 is 10.2 Å². The second kappa shape index (κ2) is 6.09. The molecule has 2 aliphatic heterocycles. The Balaban J connectivity index is 1.66. The zero-order valence-corrected chi connectivity index (χ0v) is 14.3. The van der Waals surface area contributed by atoms with E-state index in [0.717, 1.165) is 28.4 Å². The van der Waals surface area contributed by atoms with Gasteiger partial charge >= 0.3 is 0 Å². The van der Waals surface area contributed by atoms with Crippen LogP contribution in [-0.2, 0) is 0 Å². The molecular formula is C17H23BrN2O. The van der Waals surface area contributed by atoms with Gasteiger partial charge in [0, 0.05) is 28.2 Å². The predicted molar refractivity (Wildman–Crippen MR) is 88.6 cm³/mol. The number of rotatable bonds is 2. The summed E-state index contributed by atoms with van der Waals surface area (Å²) in [6.07, 6.45) is 6.06. The molecule has 2 fully saturated rings. The highest BCUT2D eigenvalue weighted by Crippen LogP contribution is 2.32. The minimum Gasteiger partial charge on any atom is -0.349 e. The fraction of sp³-hybridized carbons (Fsp3) is 0.588. The smallest absolute Gasteiger partial charge is 0.251 e. The second-order valence-corrected chi connectivity index (χ2v) is 7.36. The predicted octanol–water partition coefficient (Wildman–Crippen LogP) is 3.50. The van der Waals surface area contributed by atoms with Crippen molar-refractivity contribution in [2.45, 2.75) is 57.2 Å². The molecule has 2 aliphatic rings. The Labute approximate surface area is 135 Å². The number of nitrogens with zero attached hydrogens (tertiary/aromatic N) is 1. The highest BCUT2D eigenvalue weighted by atomic mass is 79.9. The normalized spacial score (nSPS) is 29.2. The van der Waals surface area contributed by atoms with E-state index in [1.807, 2.05) is 25.1 Å². The van der Waals surface area contributed by atoms with E-state index in [1.54, 1.807) is 0 Å². The van der Waals surface area contributed by atoms with Gasteiger partial charge in [0.1, 0.15) is 0 Å². The topological polar surface area (TPSA) is 32.3 Å². The highest BCUT2D eigenvalue weighted by molar-refractivity contribution is 9.10. The molecule has 1 aromatic rings. The molecule has 2 atom stereocenters. The lowest BCUT2D eigenvalue weighted by Crippen LogP contribution is -2.55. The zero-order valence-electron chi connectivity index (χ0n) is 12.7. The third kappa shape index (κ3) is 3.16. The molecule has 114 valence electrons. The lowest BCUT2D eigenvalue weighted by Gasteiger charge is -2.47. The van der Waals surface area contributed by atoms with Gasteiger partial charge in [0.05, 0.1) is 0 Å². The van der Waals surface area contributed by atoms with Crippen molar-refractivity contribution in [3.8, 4) is 0 Å². The van der Waals surface area contributed by atoms with Crippen LogP contribution in [0.25, 0.3) is 0 Å². The van der Waals surface area contributed by atoms with Gasteiger partial charge in [-0.25, -0.2) is 0 Å². The summed E-state index contributed by atoms with van der Waals surface area (Å²) in [5.41, 5.74) is 1.90. The van der Waals surface area contributed by atoms with Crippen LogP contribution in [0.5, 0.6) is 0 Å². The molecule has 0 aromatic heterocycles. The fourth-order valence-corrected chi connectivity index (χ4v) is 4.12. The third-order valence-electron chi connectivity index (χ3n) is 5.11. The molecule has 4 heteroatoms. The Bertz CT molecular complexity index is 532. The number of halogens is 1. The molecule has 0 radical (unpaired) electrons. The van der Waals surface area contributed by atoms with Crippen LogP contribution < -0.4 is 5.32 Å². The van der Waals surface area contributed by atoms with Gasteiger partial charge in [0.2, 0.25) is 0 Å². The second-order valence-electron chi connectivity index (χ2n) is 6.51. The van der Waals surface area contributed by atoms with Gasteiger partial charge in [-0.2, -0.15) is 0 Å². The molecule has 0 aliphatic carbocycles. The number of aryl methyl sites for hydroxylation is 1. The molecule has 3 rings (SSSR count). The summed E-state index contributed by atoms with van der Waals surface area (Å²) in [6.45, 7) is 2.03. The fourth-order valence-electron chi connectivity index (χ4n) is 3.74. The number of amides is 1. The van der Waals surface area contributed by atoms with E-state index < -0.39 is 0 Å². The SMILES string of the molecule is Cc1ccc(C(=O)NC2CC3CCCC(C2)N3C)cc1Br. The lowest BCUT2D eigenvalue weighted by atomic mass is 9.82. The van der Waals surface area contributed by atoms with Crippen molar-refractivity contribution in [2.24, 2.45) is 0 Å². The molecule has 2 unspecified atom stereocenters. The van der Waals surface area contributed by atoms with Crippen molar-refractivity contribution >= 4 is 21.8 Å². The van der Waals surface area contributed by atoms with E-state index >= 15 is 0 Å². The van der Waals surface area contributed by atoms with Crippen molar-refractivity contribution in [3.05, 3.63) is 33.8 Å². The van der Waals surface area contributed by atoms with Gasteiger partial charge in [-0.3, -0.25) is 4.79 Å². The van der Waals surface area contributed by atoms with Crippen LogP contribution in [0.2, 0.25) is 0 Å². The first-order valence-electron chi connectivity index (χ1n) is 7.83. The maximum absolute atomic E-state index is 12.4. The molecule has 1 amide bonds. The van der Waals surface area contributed by atoms with Crippen LogP contribution in [-0.4, -0.2) is 36.0 Å². The summed E-state index contributed by atoms with van der Waals surface area (Å²) >= 11 is 3.50. The van der Waals surface area contributed by atoms with Gasteiger partial charge in [-0.05, 0) is 57.4 Å². The molecule has 21 heavy (non-hydrogen) atoms. The number of hydrogen-bond donors (Lipinski definition) is 1. The van der Waals surface area contributed by atoms with Crippen molar-refractivity contribution in [1.29, 1.82) is 0 Å². The number of carbonyl (C=O) groups is 1. The number of nitrogens with one attached hydrogen (secondary N) is 1. The minimum absolute atomic E-state index is 0.0586. The average Bonchev–Trinajstić information content (AvgIpc) is 2.43. The third-order valence-corrected chi connectivity index (χ3v) is 5.96. The number of carbonyl (C=O) groups excluding carboxylic acids is 1. The molecular weight excluding hydrogens is 328 g/mol. The maximum atomic E-state index is 12.4. The van der Waals surface area contributed by atoms with Crippen molar-refractivity contribution in [2.75, 3.05) is 7.05 Å². The summed E-state index contributed by atoms with van der Waals surface area (Å²) in [5, 5.41) is 3.24. The summed E-state index contributed by atoms with van der Waals surface area (Å²) < 4.78 is 0.996. The van der Waals surface area contributed by atoms with Crippen molar-refractivity contribution in [1.82, 2.24) is 10.2 Å². The van der Waals surface area contributed by atoms with E-state index in [-0.39, 0.29) is 5.91 Å². The maximum Gasteiger partial charge on any atom is 0.251 e. The molecule has 1 N–H and O–H groups in total. The molecule has 2 saturated heterocycles. The Morgan fingerprint density at radius 1 is 1.29 bits per heavy atom. The van der Waals surface area contributed by atoms with Gasteiger partial charge in [0.25, 0.3) is 5.91 Å². The Morgan fingerprint density at radius 2 is 1.95 bits per heavy atom. The summed E-state index contributed by atoms with van der Waals surface area (Å²) in [7, 11) is 2.24. The van der Waals surface area contributed by atoms with Crippen LogP contribution in [0.15, 0.2) is 22.7 Å². The van der Waals surface area contributed by atoms with E-state index in [9.17, 15) is 4.79 Å². The number of hydrogen-bond acceptors (Lipinski definition) is 2. The Hall–Kier alpha value is -0.870. The molecule has 0 spiro atoms. The van der Waals surface area contributed by atoms with Crippen LogP contribution in [0.3, 0.4) is 0 Å². The quantitative estimate of drug-likeness (QED) is 0.885. The lowest BCUT2D eigenvalue weighted by molar-refractivity contribution is 0.0463. The van der Waals surface area contributed by atoms with Crippen molar-refractivity contribution in [3.63, 3.8) is 0 Å². The Morgan fingerprint density at radius 3 is 2.57 bits per heavy atom. The number of piperidine rings is 2. The Kier molecular flexibility index (Phi) is 4.36. The minimum atomic E-state index is 0.0586. The molecule has 2 bridgehead atoms. The summed E-state index contributed by atoms with van der Waals surface area (Å²) in [5.74, 6) is 0.0586. The monoisotopic (exact) mass is 350 g/mol. The van der Waals surface area contributed by atoms with Gasteiger partial charge in [0.15, 0.2) is 0 Å². The van der Waals surface area contributed by atoms with Crippen molar-refractivity contribution < 1.29 is 4.79 Å². The van der Waals surface area contributed by atoms with Gasteiger partial charge in [-0.1, -0.05) is 28.4 Å². The largest absolute Gasteiger partial charge is 0.349 e. The van der Waals surface area contributed by atoms with Crippen LogP contribution in [0, 0.1) is 6.92 Å². The molecule has 2 heterocycles. The zero-order chi connectivity index (χ0) is 15.0. The van der Waals surface area contributed by atoms with Crippen LogP contribution in [0.4, 0.5) is 0 Å². The number of fused-ring (bicyclic) bond motifs is 2. The van der Waals surface area contributed by atoms with Gasteiger partial charge in [-0.15, -0.1) is 0 Å².